The van der Waals surface area contributed by atoms with E-state index in [1.807, 2.05) is 37.3 Å². The van der Waals surface area contributed by atoms with E-state index in [1.165, 1.54) is 5.56 Å². The topological polar surface area (TPSA) is 12.0 Å². The molecular formula is C16H15Cl2N. The molecule has 19 heavy (non-hydrogen) atoms. The number of hydrogen-bond donors (Lipinski definition) is 1. The molecule has 2 aromatic carbocycles. The molecule has 3 heteroatoms. The van der Waals surface area contributed by atoms with Gasteiger partial charge in [0, 0.05) is 11.6 Å². The zero-order valence-electron chi connectivity index (χ0n) is 10.7. The van der Waals surface area contributed by atoms with Gasteiger partial charge in [-0.1, -0.05) is 65.7 Å². The molecule has 0 amide bonds. The molecule has 0 bridgehead atoms. The van der Waals surface area contributed by atoms with Crippen molar-refractivity contribution in [1.82, 2.24) is 0 Å². The maximum absolute atomic E-state index is 6.15. The molecule has 0 heterocycles. The fourth-order valence-electron chi connectivity index (χ4n) is 1.71. The van der Waals surface area contributed by atoms with Gasteiger partial charge >= 0.3 is 0 Å². The summed E-state index contributed by atoms with van der Waals surface area (Å²) in [5.41, 5.74) is 3.02. The Balaban J connectivity index is 1.96. The van der Waals surface area contributed by atoms with Crippen molar-refractivity contribution in [3.05, 3.63) is 69.7 Å². The van der Waals surface area contributed by atoms with Crippen LogP contribution in [0.4, 0.5) is 5.69 Å². The third kappa shape index (κ3) is 4.02. The lowest BCUT2D eigenvalue weighted by Crippen LogP contribution is -1.99. The maximum atomic E-state index is 6.15. The molecule has 0 atom stereocenters. The molecule has 0 fully saturated rings. The van der Waals surface area contributed by atoms with E-state index in [0.717, 1.165) is 16.3 Å². The van der Waals surface area contributed by atoms with Gasteiger partial charge in [0.1, 0.15) is 0 Å². The average Bonchev–Trinajstić information content (AvgIpc) is 2.41. The molecule has 0 aliphatic heterocycles. The smallest absolute Gasteiger partial charge is 0.0641 e. The van der Waals surface area contributed by atoms with Crippen LogP contribution in [0, 0.1) is 6.92 Å². The van der Waals surface area contributed by atoms with Gasteiger partial charge in [0.2, 0.25) is 0 Å². The third-order valence-corrected chi connectivity index (χ3v) is 3.49. The second kappa shape index (κ2) is 6.65. The Morgan fingerprint density at radius 2 is 1.79 bits per heavy atom. The summed E-state index contributed by atoms with van der Waals surface area (Å²) in [7, 11) is 0. The minimum atomic E-state index is 0.690. The number of anilines is 1. The van der Waals surface area contributed by atoms with E-state index >= 15 is 0 Å². The van der Waals surface area contributed by atoms with E-state index in [2.05, 4.69) is 29.6 Å². The fourth-order valence-corrected chi connectivity index (χ4v) is 2.16. The molecule has 0 aliphatic rings. The van der Waals surface area contributed by atoms with Gasteiger partial charge in [-0.15, -0.1) is 0 Å². The highest BCUT2D eigenvalue weighted by Crippen LogP contribution is 2.28. The largest absolute Gasteiger partial charge is 0.380 e. The number of rotatable bonds is 4. The highest BCUT2D eigenvalue weighted by molar-refractivity contribution is 6.35. The lowest BCUT2D eigenvalue weighted by atomic mass is 10.2. The number of hydrogen-bond acceptors (Lipinski definition) is 1. The van der Waals surface area contributed by atoms with E-state index in [1.54, 1.807) is 0 Å². The predicted molar refractivity (Wildman–Crippen MR) is 85.2 cm³/mol. The van der Waals surface area contributed by atoms with Gasteiger partial charge < -0.3 is 5.32 Å². The Morgan fingerprint density at radius 1 is 1.05 bits per heavy atom. The highest BCUT2D eigenvalue weighted by atomic mass is 35.5. The minimum absolute atomic E-state index is 0.690. The molecule has 0 spiro atoms. The van der Waals surface area contributed by atoms with Crippen molar-refractivity contribution in [2.24, 2.45) is 0 Å². The van der Waals surface area contributed by atoms with Crippen LogP contribution >= 0.6 is 23.2 Å². The molecule has 0 aromatic heterocycles. The summed E-state index contributed by atoms with van der Waals surface area (Å²) in [5.74, 6) is 0. The zero-order valence-corrected chi connectivity index (χ0v) is 12.2. The SMILES string of the molecule is Cc1cc(Cl)c(NC/C=C/c2ccccc2)cc1Cl. The van der Waals surface area contributed by atoms with Crippen molar-refractivity contribution in [3.63, 3.8) is 0 Å². The van der Waals surface area contributed by atoms with Crippen molar-refractivity contribution in [1.29, 1.82) is 0 Å². The van der Waals surface area contributed by atoms with Crippen molar-refractivity contribution in [3.8, 4) is 0 Å². The summed E-state index contributed by atoms with van der Waals surface area (Å²) >= 11 is 12.2. The van der Waals surface area contributed by atoms with Crippen LogP contribution in [-0.4, -0.2) is 6.54 Å². The summed E-state index contributed by atoms with van der Waals surface area (Å²) in [6.07, 6.45) is 4.12. The number of aryl methyl sites for hydroxylation is 1. The Labute approximate surface area is 123 Å². The molecule has 0 saturated heterocycles. The number of benzene rings is 2. The number of nitrogens with one attached hydrogen (secondary N) is 1. The Kier molecular flexibility index (Phi) is 4.89. The van der Waals surface area contributed by atoms with Gasteiger partial charge in [-0.2, -0.15) is 0 Å². The van der Waals surface area contributed by atoms with Crippen LogP contribution in [0.3, 0.4) is 0 Å². The summed E-state index contributed by atoms with van der Waals surface area (Å²) < 4.78 is 0. The van der Waals surface area contributed by atoms with E-state index in [0.29, 0.717) is 11.6 Å². The molecular weight excluding hydrogens is 277 g/mol. The second-order valence-electron chi connectivity index (χ2n) is 4.28. The zero-order chi connectivity index (χ0) is 13.7. The molecule has 0 aliphatic carbocycles. The van der Waals surface area contributed by atoms with Crippen LogP contribution in [0.2, 0.25) is 10.0 Å². The van der Waals surface area contributed by atoms with Crippen molar-refractivity contribution in [2.45, 2.75) is 6.92 Å². The highest BCUT2D eigenvalue weighted by Gasteiger charge is 2.03. The average molecular weight is 292 g/mol. The monoisotopic (exact) mass is 291 g/mol. The molecule has 0 saturated carbocycles. The first kappa shape index (κ1) is 14.0. The minimum Gasteiger partial charge on any atom is -0.380 e. The van der Waals surface area contributed by atoms with Gasteiger partial charge in [-0.05, 0) is 30.2 Å². The summed E-state index contributed by atoms with van der Waals surface area (Å²) in [4.78, 5) is 0. The molecule has 2 rings (SSSR count). The Morgan fingerprint density at radius 3 is 2.53 bits per heavy atom. The third-order valence-electron chi connectivity index (χ3n) is 2.77. The number of halogens is 2. The molecule has 1 nitrogen and oxygen atoms in total. The molecule has 2 aromatic rings. The molecule has 98 valence electrons. The fraction of sp³-hybridized carbons (Fsp3) is 0.125. The quantitative estimate of drug-likeness (QED) is 0.792. The van der Waals surface area contributed by atoms with Gasteiger partial charge in [0.15, 0.2) is 0 Å². The van der Waals surface area contributed by atoms with Crippen LogP contribution in [0.1, 0.15) is 11.1 Å². The normalized spacial score (nSPS) is 10.9. The van der Waals surface area contributed by atoms with Crippen LogP contribution in [0.5, 0.6) is 0 Å². The maximum Gasteiger partial charge on any atom is 0.0641 e. The molecule has 0 unspecified atom stereocenters. The van der Waals surface area contributed by atoms with E-state index in [9.17, 15) is 0 Å². The summed E-state index contributed by atoms with van der Waals surface area (Å²) in [5, 5.41) is 4.66. The first-order chi connectivity index (χ1) is 9.16. The van der Waals surface area contributed by atoms with Crippen molar-refractivity contribution >= 4 is 35.0 Å². The van der Waals surface area contributed by atoms with Crippen molar-refractivity contribution < 1.29 is 0 Å². The summed E-state index contributed by atoms with van der Waals surface area (Å²) in [6.45, 7) is 2.64. The Bertz CT molecular complexity index is 577. The second-order valence-corrected chi connectivity index (χ2v) is 5.09. The van der Waals surface area contributed by atoms with Crippen LogP contribution in [0.15, 0.2) is 48.5 Å². The summed E-state index contributed by atoms with van der Waals surface area (Å²) in [6, 6.07) is 13.9. The van der Waals surface area contributed by atoms with E-state index in [-0.39, 0.29) is 0 Å². The van der Waals surface area contributed by atoms with Crippen molar-refractivity contribution in [2.75, 3.05) is 11.9 Å². The van der Waals surface area contributed by atoms with Crippen LogP contribution < -0.4 is 5.32 Å². The molecule has 1 N–H and O–H groups in total. The first-order valence-corrected chi connectivity index (χ1v) is 6.83. The van der Waals surface area contributed by atoms with E-state index in [4.69, 9.17) is 23.2 Å². The van der Waals surface area contributed by atoms with E-state index < -0.39 is 0 Å². The lowest BCUT2D eigenvalue weighted by molar-refractivity contribution is 1.33. The predicted octanol–water partition coefficient (Wildman–Crippen LogP) is 5.43. The standard InChI is InChI=1S/C16H15Cl2N/c1-12-10-15(18)16(11-14(12)17)19-9-5-8-13-6-3-2-4-7-13/h2-8,10-11,19H,9H2,1H3/b8-5+. The van der Waals surface area contributed by atoms with Crippen LogP contribution in [-0.2, 0) is 0 Å². The van der Waals surface area contributed by atoms with Gasteiger partial charge in [0.25, 0.3) is 0 Å². The van der Waals surface area contributed by atoms with Gasteiger partial charge in [-0.25, -0.2) is 0 Å². The first-order valence-electron chi connectivity index (χ1n) is 6.08. The molecule has 0 radical (unpaired) electrons. The van der Waals surface area contributed by atoms with Gasteiger partial charge in [0.05, 0.1) is 10.7 Å². The van der Waals surface area contributed by atoms with Gasteiger partial charge in [-0.3, -0.25) is 0 Å². The lowest BCUT2D eigenvalue weighted by Gasteiger charge is -2.08. The Hall–Kier alpha value is -1.44. The van der Waals surface area contributed by atoms with Crippen LogP contribution in [0.25, 0.3) is 6.08 Å².